The molecule has 0 radical (unpaired) electrons. The van der Waals surface area contributed by atoms with Gasteiger partial charge in [0.05, 0.1) is 0 Å². The molecule has 0 amide bonds. The minimum Gasteiger partial charge on any atom is -0.508 e. The van der Waals surface area contributed by atoms with Crippen LogP contribution < -0.4 is 5.63 Å². The second-order valence-corrected chi connectivity index (χ2v) is 5.42. The van der Waals surface area contributed by atoms with Crippen LogP contribution in [-0.2, 0) is 12.8 Å². The Bertz CT molecular complexity index is 669. The van der Waals surface area contributed by atoms with Gasteiger partial charge in [0.1, 0.15) is 11.3 Å². The molecule has 100 valence electrons. The third kappa shape index (κ3) is 2.14. The van der Waals surface area contributed by atoms with E-state index in [1.165, 1.54) is 12.5 Å². The summed E-state index contributed by atoms with van der Waals surface area (Å²) >= 11 is 0. The van der Waals surface area contributed by atoms with Gasteiger partial charge in [-0.15, -0.1) is 0 Å². The third-order valence-electron chi connectivity index (χ3n) is 4.10. The van der Waals surface area contributed by atoms with Crippen LogP contribution in [0.2, 0.25) is 0 Å². The highest BCUT2D eigenvalue weighted by Crippen LogP contribution is 2.32. The molecule has 1 heterocycles. The Hall–Kier alpha value is -1.77. The SMILES string of the molecule is CCC[C@@H]1CCc2c(c(=O)oc3cc(O)ccc23)C1. The molecule has 1 aliphatic rings. The van der Waals surface area contributed by atoms with E-state index < -0.39 is 0 Å². The van der Waals surface area contributed by atoms with Crippen LogP contribution in [0.15, 0.2) is 27.4 Å². The van der Waals surface area contributed by atoms with E-state index in [0.29, 0.717) is 11.5 Å². The molecule has 0 fully saturated rings. The molecule has 0 bridgehead atoms. The summed E-state index contributed by atoms with van der Waals surface area (Å²) in [7, 11) is 0. The van der Waals surface area contributed by atoms with Crippen LogP contribution in [0, 0.1) is 5.92 Å². The van der Waals surface area contributed by atoms with Gasteiger partial charge in [0.15, 0.2) is 0 Å². The Kier molecular flexibility index (Phi) is 3.05. The number of rotatable bonds is 2. The lowest BCUT2D eigenvalue weighted by atomic mass is 9.81. The first-order valence-electron chi connectivity index (χ1n) is 6.96. The summed E-state index contributed by atoms with van der Waals surface area (Å²) in [6, 6.07) is 5.03. The van der Waals surface area contributed by atoms with Crippen LogP contribution in [-0.4, -0.2) is 5.11 Å². The van der Waals surface area contributed by atoms with E-state index in [9.17, 15) is 9.90 Å². The van der Waals surface area contributed by atoms with Crippen molar-refractivity contribution in [2.45, 2.75) is 39.0 Å². The average Bonchev–Trinajstić information content (AvgIpc) is 2.39. The highest BCUT2D eigenvalue weighted by Gasteiger charge is 2.23. The topological polar surface area (TPSA) is 50.4 Å². The number of benzene rings is 1. The van der Waals surface area contributed by atoms with Crippen LogP contribution in [0.25, 0.3) is 11.0 Å². The van der Waals surface area contributed by atoms with Crippen molar-refractivity contribution in [2.75, 3.05) is 0 Å². The normalized spacial score (nSPS) is 18.5. The quantitative estimate of drug-likeness (QED) is 0.840. The zero-order valence-electron chi connectivity index (χ0n) is 11.1. The van der Waals surface area contributed by atoms with Crippen LogP contribution in [0.4, 0.5) is 0 Å². The van der Waals surface area contributed by atoms with E-state index in [0.717, 1.165) is 42.2 Å². The van der Waals surface area contributed by atoms with E-state index in [-0.39, 0.29) is 11.4 Å². The van der Waals surface area contributed by atoms with Gasteiger partial charge >= 0.3 is 5.63 Å². The number of aryl methyl sites for hydroxylation is 1. The van der Waals surface area contributed by atoms with Crippen LogP contribution in [0.5, 0.6) is 5.75 Å². The number of hydrogen-bond acceptors (Lipinski definition) is 3. The molecule has 1 aromatic carbocycles. The van der Waals surface area contributed by atoms with Crippen LogP contribution in [0.1, 0.15) is 37.3 Å². The molecule has 0 aliphatic heterocycles. The molecule has 19 heavy (non-hydrogen) atoms. The number of fused-ring (bicyclic) bond motifs is 3. The van der Waals surface area contributed by atoms with E-state index in [4.69, 9.17) is 4.42 Å². The maximum Gasteiger partial charge on any atom is 0.339 e. The van der Waals surface area contributed by atoms with Crippen molar-refractivity contribution >= 4 is 11.0 Å². The molecule has 0 saturated carbocycles. The fourth-order valence-corrected chi connectivity index (χ4v) is 3.18. The van der Waals surface area contributed by atoms with Gasteiger partial charge in [-0.25, -0.2) is 4.79 Å². The fraction of sp³-hybridized carbons (Fsp3) is 0.438. The number of phenolic OH excluding ortho intramolecular Hbond substituents is 1. The van der Waals surface area contributed by atoms with Crippen molar-refractivity contribution < 1.29 is 9.52 Å². The van der Waals surface area contributed by atoms with Crippen LogP contribution in [0.3, 0.4) is 0 Å². The molecule has 3 nitrogen and oxygen atoms in total. The predicted molar refractivity (Wildman–Crippen MR) is 74.6 cm³/mol. The lowest BCUT2D eigenvalue weighted by Crippen LogP contribution is -2.22. The van der Waals surface area contributed by atoms with Gasteiger partial charge < -0.3 is 9.52 Å². The summed E-state index contributed by atoms with van der Waals surface area (Å²) in [6.45, 7) is 2.18. The molecule has 3 rings (SSSR count). The fourth-order valence-electron chi connectivity index (χ4n) is 3.18. The van der Waals surface area contributed by atoms with Gasteiger partial charge in [0.2, 0.25) is 0 Å². The molecule has 0 saturated heterocycles. The van der Waals surface area contributed by atoms with Gasteiger partial charge in [-0.2, -0.15) is 0 Å². The largest absolute Gasteiger partial charge is 0.508 e. The molecule has 1 atom stereocenters. The Labute approximate surface area is 111 Å². The van der Waals surface area contributed by atoms with Crippen molar-refractivity contribution in [1.29, 1.82) is 0 Å². The first kappa shape index (κ1) is 12.3. The highest BCUT2D eigenvalue weighted by molar-refractivity contribution is 5.82. The maximum atomic E-state index is 12.1. The summed E-state index contributed by atoms with van der Waals surface area (Å²) in [6.07, 6.45) is 5.24. The summed E-state index contributed by atoms with van der Waals surface area (Å²) < 4.78 is 5.35. The van der Waals surface area contributed by atoms with Crippen molar-refractivity contribution in [1.82, 2.24) is 0 Å². The third-order valence-corrected chi connectivity index (χ3v) is 4.10. The second-order valence-electron chi connectivity index (χ2n) is 5.42. The van der Waals surface area contributed by atoms with Gasteiger partial charge in [0.25, 0.3) is 0 Å². The zero-order chi connectivity index (χ0) is 13.4. The summed E-state index contributed by atoms with van der Waals surface area (Å²) in [5.41, 5.74) is 2.24. The van der Waals surface area contributed by atoms with E-state index in [2.05, 4.69) is 6.92 Å². The minimum absolute atomic E-state index is 0.135. The molecule has 0 spiro atoms. The second kappa shape index (κ2) is 4.72. The van der Waals surface area contributed by atoms with Crippen molar-refractivity contribution in [3.63, 3.8) is 0 Å². The van der Waals surface area contributed by atoms with E-state index >= 15 is 0 Å². The molecular formula is C16H18O3. The van der Waals surface area contributed by atoms with Crippen molar-refractivity contribution in [2.24, 2.45) is 5.92 Å². The smallest absolute Gasteiger partial charge is 0.339 e. The molecule has 1 aromatic heterocycles. The Morgan fingerprint density at radius 3 is 3.00 bits per heavy atom. The monoisotopic (exact) mass is 258 g/mol. The van der Waals surface area contributed by atoms with Crippen molar-refractivity contribution in [3.8, 4) is 5.75 Å². The first-order valence-corrected chi connectivity index (χ1v) is 6.96. The number of phenols is 1. The van der Waals surface area contributed by atoms with E-state index in [1.54, 1.807) is 6.07 Å². The van der Waals surface area contributed by atoms with Gasteiger partial charge in [0, 0.05) is 17.0 Å². The Balaban J connectivity index is 2.14. The molecule has 3 heteroatoms. The predicted octanol–water partition coefficient (Wildman–Crippen LogP) is 3.40. The lowest BCUT2D eigenvalue weighted by molar-refractivity contribution is 0.410. The highest BCUT2D eigenvalue weighted by atomic mass is 16.4. The summed E-state index contributed by atoms with van der Waals surface area (Å²) in [5.74, 6) is 0.741. The molecule has 1 N–H and O–H groups in total. The Morgan fingerprint density at radius 2 is 2.21 bits per heavy atom. The lowest BCUT2D eigenvalue weighted by Gasteiger charge is -2.24. The van der Waals surface area contributed by atoms with Crippen LogP contribution >= 0.6 is 0 Å². The minimum atomic E-state index is -0.228. The molecule has 2 aromatic rings. The summed E-state index contributed by atoms with van der Waals surface area (Å²) in [4.78, 5) is 12.1. The standard InChI is InChI=1S/C16H18O3/c1-2-3-10-4-6-12-13-7-5-11(17)9-15(13)19-16(18)14(12)8-10/h5,7,9-10,17H,2-4,6,8H2,1H3/t10-/m1/s1. The maximum absolute atomic E-state index is 12.1. The molecule has 0 unspecified atom stereocenters. The molecular weight excluding hydrogens is 240 g/mol. The number of hydrogen-bond donors (Lipinski definition) is 1. The van der Waals surface area contributed by atoms with E-state index in [1.807, 2.05) is 6.07 Å². The van der Waals surface area contributed by atoms with Gasteiger partial charge in [-0.05, 0) is 42.9 Å². The molecule has 1 aliphatic carbocycles. The zero-order valence-corrected chi connectivity index (χ0v) is 11.1. The Morgan fingerprint density at radius 1 is 1.37 bits per heavy atom. The van der Waals surface area contributed by atoms with Gasteiger partial charge in [-0.1, -0.05) is 19.8 Å². The average molecular weight is 258 g/mol. The first-order chi connectivity index (χ1) is 9.19. The number of aromatic hydroxyl groups is 1. The van der Waals surface area contributed by atoms with Gasteiger partial charge in [-0.3, -0.25) is 0 Å². The summed E-state index contributed by atoms with van der Waals surface area (Å²) in [5, 5.41) is 10.4. The van der Waals surface area contributed by atoms with Crippen molar-refractivity contribution in [3.05, 3.63) is 39.7 Å².